The van der Waals surface area contributed by atoms with E-state index in [0.717, 1.165) is 36.3 Å². The first kappa shape index (κ1) is 12.3. The van der Waals surface area contributed by atoms with Gasteiger partial charge in [0.2, 0.25) is 0 Å². The molecular formula is C17H15FN4. The predicted octanol–water partition coefficient (Wildman–Crippen LogP) is 2.48. The lowest BCUT2D eigenvalue weighted by Crippen LogP contribution is -2.55. The summed E-state index contributed by atoms with van der Waals surface area (Å²) < 4.78 is 15.8. The topological polar surface area (TPSA) is 42.7 Å². The Hall–Kier alpha value is -2.27. The number of benzene rings is 1. The minimum absolute atomic E-state index is 0.279. The Labute approximate surface area is 127 Å². The van der Waals surface area contributed by atoms with E-state index in [-0.39, 0.29) is 11.2 Å². The van der Waals surface area contributed by atoms with Gasteiger partial charge in [-0.05, 0) is 24.6 Å². The molecule has 110 valence electrons. The number of rotatable bonds is 1. The molecule has 3 aromatic rings. The van der Waals surface area contributed by atoms with Crippen molar-refractivity contribution >= 4 is 10.9 Å². The van der Waals surface area contributed by atoms with Crippen LogP contribution in [0.5, 0.6) is 0 Å². The van der Waals surface area contributed by atoms with Gasteiger partial charge in [-0.15, -0.1) is 0 Å². The second kappa shape index (κ2) is 4.14. The molecule has 0 radical (unpaired) electrons. The van der Waals surface area contributed by atoms with Crippen LogP contribution in [0.4, 0.5) is 4.39 Å². The summed E-state index contributed by atoms with van der Waals surface area (Å²) in [6.45, 7) is 3.06. The van der Waals surface area contributed by atoms with Crippen molar-refractivity contribution in [2.24, 2.45) is 0 Å². The highest BCUT2D eigenvalue weighted by molar-refractivity contribution is 5.83. The fourth-order valence-corrected chi connectivity index (χ4v) is 3.65. The van der Waals surface area contributed by atoms with Crippen molar-refractivity contribution in [2.75, 3.05) is 13.1 Å². The van der Waals surface area contributed by atoms with Gasteiger partial charge in [0, 0.05) is 47.9 Å². The van der Waals surface area contributed by atoms with Gasteiger partial charge in [-0.3, -0.25) is 9.67 Å². The highest BCUT2D eigenvalue weighted by Gasteiger charge is 2.45. The molecule has 1 aromatic carbocycles. The van der Waals surface area contributed by atoms with Gasteiger partial charge in [0.15, 0.2) is 0 Å². The first-order valence-electron chi connectivity index (χ1n) is 7.59. The maximum absolute atomic E-state index is 13.7. The van der Waals surface area contributed by atoms with Crippen molar-refractivity contribution in [1.29, 1.82) is 0 Å². The summed E-state index contributed by atoms with van der Waals surface area (Å²) >= 11 is 0. The number of nitrogens with one attached hydrogen (secondary N) is 1. The van der Waals surface area contributed by atoms with Crippen LogP contribution in [-0.4, -0.2) is 27.9 Å². The van der Waals surface area contributed by atoms with Crippen LogP contribution in [0.1, 0.15) is 12.1 Å². The van der Waals surface area contributed by atoms with E-state index < -0.39 is 0 Å². The molecule has 2 aliphatic rings. The number of nitrogens with zero attached hydrogens (tertiary/aromatic N) is 3. The molecule has 0 bridgehead atoms. The minimum atomic E-state index is -0.282. The number of halogens is 1. The van der Waals surface area contributed by atoms with E-state index in [1.165, 1.54) is 18.2 Å². The molecule has 1 N–H and O–H groups in total. The summed E-state index contributed by atoms with van der Waals surface area (Å²) in [5, 5.41) is 8.90. The Morgan fingerprint density at radius 3 is 2.95 bits per heavy atom. The van der Waals surface area contributed by atoms with Gasteiger partial charge >= 0.3 is 0 Å². The van der Waals surface area contributed by atoms with E-state index in [2.05, 4.69) is 21.0 Å². The minimum Gasteiger partial charge on any atom is -0.315 e. The van der Waals surface area contributed by atoms with E-state index in [4.69, 9.17) is 5.10 Å². The summed E-state index contributed by atoms with van der Waals surface area (Å²) in [6, 6.07) is 9.18. The lowest BCUT2D eigenvalue weighted by atomic mass is 9.77. The van der Waals surface area contributed by atoms with E-state index >= 15 is 0 Å². The maximum Gasteiger partial charge on any atom is 0.149 e. The first-order valence-corrected chi connectivity index (χ1v) is 7.59. The molecule has 2 aromatic heterocycles. The molecule has 2 aliphatic heterocycles. The molecule has 0 unspecified atom stereocenters. The molecule has 0 atom stereocenters. The monoisotopic (exact) mass is 294 g/mol. The highest BCUT2D eigenvalue weighted by Crippen LogP contribution is 2.39. The van der Waals surface area contributed by atoms with Gasteiger partial charge in [0.25, 0.3) is 0 Å². The number of para-hydroxylation sites is 1. The molecule has 4 nitrogen and oxygen atoms in total. The zero-order valence-electron chi connectivity index (χ0n) is 12.0. The zero-order chi connectivity index (χ0) is 14.7. The molecule has 1 fully saturated rings. The van der Waals surface area contributed by atoms with Crippen LogP contribution in [0, 0.1) is 5.82 Å². The molecule has 0 saturated carbocycles. The SMILES string of the molecule is Fc1cccc2cc(-c3cc4n(n3)CCC43CNC3)cnc12. The molecule has 1 saturated heterocycles. The number of hydrogen-bond acceptors (Lipinski definition) is 3. The first-order chi connectivity index (χ1) is 10.8. The lowest BCUT2D eigenvalue weighted by Gasteiger charge is -2.38. The fraction of sp³-hybridized carbons (Fsp3) is 0.294. The Morgan fingerprint density at radius 1 is 1.23 bits per heavy atom. The molecule has 22 heavy (non-hydrogen) atoms. The third-order valence-corrected chi connectivity index (χ3v) is 5.01. The Bertz CT molecular complexity index is 895. The summed E-state index contributed by atoms with van der Waals surface area (Å²) in [5.41, 5.74) is 3.89. The van der Waals surface area contributed by atoms with E-state index in [9.17, 15) is 4.39 Å². The Balaban J connectivity index is 1.62. The van der Waals surface area contributed by atoms with Crippen LogP contribution in [-0.2, 0) is 12.0 Å². The number of aryl methyl sites for hydroxylation is 1. The predicted molar refractivity (Wildman–Crippen MR) is 82.1 cm³/mol. The summed E-state index contributed by atoms with van der Waals surface area (Å²) in [6.07, 6.45) is 2.89. The number of aromatic nitrogens is 3. The van der Waals surface area contributed by atoms with Crippen molar-refractivity contribution in [1.82, 2.24) is 20.1 Å². The van der Waals surface area contributed by atoms with Crippen molar-refractivity contribution in [3.8, 4) is 11.3 Å². The van der Waals surface area contributed by atoms with Crippen molar-refractivity contribution < 1.29 is 4.39 Å². The molecule has 4 heterocycles. The molecule has 0 amide bonds. The van der Waals surface area contributed by atoms with E-state index in [0.29, 0.717) is 5.52 Å². The number of pyridine rings is 1. The largest absolute Gasteiger partial charge is 0.315 e. The third kappa shape index (κ3) is 1.54. The van der Waals surface area contributed by atoms with Gasteiger partial charge < -0.3 is 5.32 Å². The van der Waals surface area contributed by atoms with Crippen LogP contribution >= 0.6 is 0 Å². The van der Waals surface area contributed by atoms with Crippen LogP contribution in [0.25, 0.3) is 22.2 Å². The smallest absolute Gasteiger partial charge is 0.149 e. The van der Waals surface area contributed by atoms with Gasteiger partial charge in [0.1, 0.15) is 11.3 Å². The molecular weight excluding hydrogens is 279 g/mol. The highest BCUT2D eigenvalue weighted by atomic mass is 19.1. The average Bonchev–Trinajstić information content (AvgIpc) is 3.04. The Morgan fingerprint density at radius 2 is 2.14 bits per heavy atom. The maximum atomic E-state index is 13.7. The lowest BCUT2D eigenvalue weighted by molar-refractivity contribution is 0.276. The molecule has 5 heteroatoms. The van der Waals surface area contributed by atoms with Gasteiger partial charge in [-0.1, -0.05) is 12.1 Å². The zero-order valence-corrected chi connectivity index (χ0v) is 12.0. The summed E-state index contributed by atoms with van der Waals surface area (Å²) in [7, 11) is 0. The van der Waals surface area contributed by atoms with Crippen LogP contribution in [0.15, 0.2) is 36.5 Å². The van der Waals surface area contributed by atoms with Crippen molar-refractivity contribution in [2.45, 2.75) is 18.4 Å². The molecule has 5 rings (SSSR count). The second-order valence-corrected chi connectivity index (χ2v) is 6.31. The molecule has 1 spiro atoms. The van der Waals surface area contributed by atoms with Crippen molar-refractivity contribution in [3.63, 3.8) is 0 Å². The van der Waals surface area contributed by atoms with Crippen LogP contribution in [0.2, 0.25) is 0 Å². The average molecular weight is 294 g/mol. The fourth-order valence-electron chi connectivity index (χ4n) is 3.65. The quantitative estimate of drug-likeness (QED) is 0.750. The van der Waals surface area contributed by atoms with E-state index in [1.807, 2.05) is 12.1 Å². The second-order valence-electron chi connectivity index (χ2n) is 6.31. The molecule has 0 aliphatic carbocycles. The van der Waals surface area contributed by atoms with Crippen LogP contribution in [0.3, 0.4) is 0 Å². The van der Waals surface area contributed by atoms with E-state index in [1.54, 1.807) is 12.3 Å². The number of hydrogen-bond donors (Lipinski definition) is 1. The van der Waals surface area contributed by atoms with Crippen molar-refractivity contribution in [3.05, 3.63) is 48.0 Å². The van der Waals surface area contributed by atoms with Gasteiger partial charge in [-0.2, -0.15) is 5.10 Å². The van der Waals surface area contributed by atoms with Crippen LogP contribution < -0.4 is 5.32 Å². The number of fused-ring (bicyclic) bond motifs is 3. The summed E-state index contributed by atoms with van der Waals surface area (Å²) in [5.74, 6) is -0.282. The standard InChI is InChI=1S/C17H15FN4/c18-13-3-1-2-11-6-12(8-20-16(11)13)14-7-15-17(9-19-10-17)4-5-22(15)21-14/h1-3,6-8,19H,4-5,9-10H2. The van der Waals surface area contributed by atoms with Gasteiger partial charge in [-0.25, -0.2) is 4.39 Å². The third-order valence-electron chi connectivity index (χ3n) is 5.01. The normalized spacial score (nSPS) is 18.6. The summed E-state index contributed by atoms with van der Waals surface area (Å²) in [4.78, 5) is 4.27. The Kier molecular flexibility index (Phi) is 2.31. The van der Waals surface area contributed by atoms with Gasteiger partial charge in [0.05, 0.1) is 5.69 Å².